The number of aryl methyl sites for hydroxylation is 1. The van der Waals surface area contributed by atoms with Gasteiger partial charge in [0.2, 0.25) is 5.95 Å². The summed E-state index contributed by atoms with van der Waals surface area (Å²) in [7, 11) is -3.35. The fourth-order valence-electron chi connectivity index (χ4n) is 3.15. The van der Waals surface area contributed by atoms with E-state index in [-0.39, 0.29) is 10.8 Å². The minimum atomic E-state index is -3.35. The van der Waals surface area contributed by atoms with Gasteiger partial charge < -0.3 is 10.6 Å². The average molecular weight is 375 g/mol. The van der Waals surface area contributed by atoms with Gasteiger partial charge in [0.15, 0.2) is 9.84 Å². The van der Waals surface area contributed by atoms with Gasteiger partial charge in [0.05, 0.1) is 11.9 Å². The first-order valence-corrected chi connectivity index (χ1v) is 10.8. The SMILES string of the molecule is CS(=O)(=O)c1cnc(NCCCc2ccccn2)nc1[C@H]1CCCNC1. The highest BCUT2D eigenvalue weighted by atomic mass is 32.2. The third-order valence-electron chi connectivity index (χ3n) is 4.48. The fraction of sp³-hybridized carbons (Fsp3) is 0.500. The molecular weight excluding hydrogens is 350 g/mol. The average Bonchev–Trinajstić information content (AvgIpc) is 2.66. The van der Waals surface area contributed by atoms with Crippen LogP contribution in [0, 0.1) is 0 Å². The van der Waals surface area contributed by atoms with Crippen LogP contribution in [0.15, 0.2) is 35.5 Å². The smallest absolute Gasteiger partial charge is 0.222 e. The molecule has 1 aliphatic rings. The lowest BCUT2D eigenvalue weighted by atomic mass is 9.96. The molecule has 26 heavy (non-hydrogen) atoms. The van der Waals surface area contributed by atoms with Crippen LogP contribution in [0.2, 0.25) is 0 Å². The van der Waals surface area contributed by atoms with Gasteiger partial charge in [0.25, 0.3) is 0 Å². The Bertz CT molecular complexity index is 821. The quantitative estimate of drug-likeness (QED) is 0.712. The number of anilines is 1. The van der Waals surface area contributed by atoms with E-state index in [4.69, 9.17) is 0 Å². The Hall–Kier alpha value is -2.06. The minimum absolute atomic E-state index is 0.102. The van der Waals surface area contributed by atoms with Crippen molar-refractivity contribution in [3.8, 4) is 0 Å². The Labute approximate surface area is 154 Å². The number of aromatic nitrogens is 3. The minimum Gasteiger partial charge on any atom is -0.354 e. The molecule has 2 aromatic rings. The molecule has 3 rings (SSSR count). The molecule has 1 aliphatic heterocycles. The van der Waals surface area contributed by atoms with Crippen molar-refractivity contribution in [3.05, 3.63) is 42.0 Å². The van der Waals surface area contributed by atoms with Gasteiger partial charge in [0, 0.05) is 37.2 Å². The van der Waals surface area contributed by atoms with E-state index in [1.54, 1.807) is 6.20 Å². The van der Waals surface area contributed by atoms with Crippen molar-refractivity contribution in [2.75, 3.05) is 31.2 Å². The highest BCUT2D eigenvalue weighted by Gasteiger charge is 2.25. The van der Waals surface area contributed by atoms with Crippen molar-refractivity contribution in [1.29, 1.82) is 0 Å². The molecule has 8 heteroatoms. The molecule has 1 saturated heterocycles. The van der Waals surface area contributed by atoms with Crippen LogP contribution in [0.3, 0.4) is 0 Å². The molecule has 0 radical (unpaired) electrons. The summed E-state index contributed by atoms with van der Waals surface area (Å²) in [6.07, 6.45) is 8.17. The van der Waals surface area contributed by atoms with Crippen LogP contribution in [-0.4, -0.2) is 49.3 Å². The number of nitrogens with zero attached hydrogens (tertiary/aromatic N) is 3. The molecule has 2 N–H and O–H groups in total. The lowest BCUT2D eigenvalue weighted by molar-refractivity contribution is 0.448. The Kier molecular flexibility index (Phi) is 6.16. The zero-order valence-corrected chi connectivity index (χ0v) is 15.8. The van der Waals surface area contributed by atoms with Gasteiger partial charge in [0.1, 0.15) is 4.90 Å². The van der Waals surface area contributed by atoms with Crippen LogP contribution in [0.4, 0.5) is 5.95 Å². The predicted octanol–water partition coefficient (Wildman–Crippen LogP) is 1.79. The summed E-state index contributed by atoms with van der Waals surface area (Å²) < 4.78 is 24.2. The van der Waals surface area contributed by atoms with Crippen molar-refractivity contribution in [2.45, 2.75) is 36.5 Å². The summed E-state index contributed by atoms with van der Waals surface area (Å²) in [5.41, 5.74) is 1.68. The van der Waals surface area contributed by atoms with Gasteiger partial charge in [-0.15, -0.1) is 0 Å². The first-order chi connectivity index (χ1) is 12.5. The Balaban J connectivity index is 1.67. The monoisotopic (exact) mass is 375 g/mol. The molecule has 140 valence electrons. The largest absolute Gasteiger partial charge is 0.354 e. The number of piperidine rings is 1. The zero-order valence-electron chi connectivity index (χ0n) is 15.0. The summed E-state index contributed by atoms with van der Waals surface area (Å²) in [5.74, 6) is 0.588. The first-order valence-electron chi connectivity index (χ1n) is 8.95. The van der Waals surface area contributed by atoms with E-state index in [1.807, 2.05) is 18.2 Å². The van der Waals surface area contributed by atoms with Gasteiger partial charge >= 0.3 is 0 Å². The van der Waals surface area contributed by atoms with Crippen molar-refractivity contribution in [2.24, 2.45) is 0 Å². The van der Waals surface area contributed by atoms with Gasteiger partial charge in [-0.2, -0.15) is 0 Å². The fourth-order valence-corrected chi connectivity index (χ4v) is 3.98. The maximum Gasteiger partial charge on any atom is 0.222 e. The third-order valence-corrected chi connectivity index (χ3v) is 5.60. The highest BCUT2D eigenvalue weighted by molar-refractivity contribution is 7.90. The zero-order chi connectivity index (χ0) is 18.4. The van der Waals surface area contributed by atoms with E-state index in [0.29, 0.717) is 18.2 Å². The number of hydrogen-bond donors (Lipinski definition) is 2. The molecule has 0 aromatic carbocycles. The van der Waals surface area contributed by atoms with Gasteiger partial charge in [-0.1, -0.05) is 6.07 Å². The van der Waals surface area contributed by atoms with Crippen molar-refractivity contribution in [1.82, 2.24) is 20.3 Å². The van der Waals surface area contributed by atoms with Crippen LogP contribution < -0.4 is 10.6 Å². The number of nitrogens with one attached hydrogen (secondary N) is 2. The maximum absolute atomic E-state index is 12.1. The number of hydrogen-bond acceptors (Lipinski definition) is 7. The second-order valence-corrected chi connectivity index (χ2v) is 8.59. The summed E-state index contributed by atoms with van der Waals surface area (Å²) in [6, 6.07) is 5.89. The van der Waals surface area contributed by atoms with Crippen LogP contribution in [0.5, 0.6) is 0 Å². The Morgan fingerprint density at radius 2 is 2.19 bits per heavy atom. The van der Waals surface area contributed by atoms with Crippen LogP contribution in [0.25, 0.3) is 0 Å². The number of rotatable bonds is 7. The molecule has 1 fully saturated rings. The van der Waals surface area contributed by atoms with E-state index >= 15 is 0 Å². The van der Waals surface area contributed by atoms with E-state index < -0.39 is 9.84 Å². The van der Waals surface area contributed by atoms with E-state index in [1.165, 1.54) is 12.5 Å². The summed E-state index contributed by atoms with van der Waals surface area (Å²) in [5, 5.41) is 6.53. The normalized spacial score (nSPS) is 17.8. The lowest BCUT2D eigenvalue weighted by Crippen LogP contribution is -2.30. The van der Waals surface area contributed by atoms with Crippen LogP contribution >= 0.6 is 0 Å². The summed E-state index contributed by atoms with van der Waals surface area (Å²) in [6.45, 7) is 2.42. The van der Waals surface area contributed by atoms with Crippen LogP contribution in [-0.2, 0) is 16.3 Å². The first kappa shape index (κ1) is 18.7. The number of sulfone groups is 1. The Morgan fingerprint density at radius 3 is 2.88 bits per heavy atom. The van der Waals surface area contributed by atoms with Crippen molar-refractivity contribution < 1.29 is 8.42 Å². The molecule has 0 unspecified atom stereocenters. The molecule has 0 amide bonds. The number of pyridine rings is 1. The molecule has 0 saturated carbocycles. The molecule has 0 bridgehead atoms. The van der Waals surface area contributed by atoms with E-state index in [0.717, 1.165) is 44.5 Å². The third kappa shape index (κ3) is 4.98. The molecule has 0 spiro atoms. The highest BCUT2D eigenvalue weighted by Crippen LogP contribution is 2.27. The van der Waals surface area contributed by atoms with E-state index in [9.17, 15) is 8.42 Å². The molecule has 0 aliphatic carbocycles. The predicted molar refractivity (Wildman–Crippen MR) is 101 cm³/mol. The Morgan fingerprint density at radius 1 is 1.31 bits per heavy atom. The maximum atomic E-state index is 12.1. The molecule has 3 heterocycles. The standard InChI is InChI=1S/C18H25N5O2S/c1-26(24,25)16-13-22-18(23-17(16)14-6-4-9-19-12-14)21-11-5-8-15-7-2-3-10-20-15/h2-3,7,10,13-14,19H,4-6,8-9,11-12H2,1H3,(H,21,22,23)/t14-/m0/s1. The van der Waals surface area contributed by atoms with E-state index in [2.05, 4.69) is 25.6 Å². The molecule has 1 atom stereocenters. The molecule has 7 nitrogen and oxygen atoms in total. The van der Waals surface area contributed by atoms with Gasteiger partial charge in [-0.05, 0) is 44.4 Å². The topological polar surface area (TPSA) is 96.9 Å². The van der Waals surface area contributed by atoms with Gasteiger partial charge in [-0.25, -0.2) is 18.4 Å². The van der Waals surface area contributed by atoms with Crippen LogP contribution in [0.1, 0.15) is 36.6 Å². The second-order valence-electron chi connectivity index (χ2n) is 6.61. The van der Waals surface area contributed by atoms with Crippen molar-refractivity contribution >= 4 is 15.8 Å². The van der Waals surface area contributed by atoms with Gasteiger partial charge in [-0.3, -0.25) is 4.98 Å². The van der Waals surface area contributed by atoms with Crippen molar-refractivity contribution in [3.63, 3.8) is 0 Å². The summed E-state index contributed by atoms with van der Waals surface area (Å²) >= 11 is 0. The molecular formula is C18H25N5O2S. The lowest BCUT2D eigenvalue weighted by Gasteiger charge is -2.24. The summed E-state index contributed by atoms with van der Waals surface area (Å²) in [4.78, 5) is 13.3. The second kappa shape index (κ2) is 8.55. The molecule has 2 aromatic heterocycles.